The molecule has 0 aromatic heterocycles. The maximum absolute atomic E-state index is 12.0. The first-order chi connectivity index (χ1) is 12.0. The lowest BCUT2D eigenvalue weighted by molar-refractivity contribution is 0.306. The van der Waals surface area contributed by atoms with Gasteiger partial charge in [0.05, 0.1) is 11.5 Å². The highest BCUT2D eigenvalue weighted by Crippen LogP contribution is 2.15. The van der Waals surface area contributed by atoms with Crippen LogP contribution in [0.4, 0.5) is 0 Å². The Balaban J connectivity index is 1.57. The lowest BCUT2D eigenvalue weighted by atomic mass is 10.0. The van der Waals surface area contributed by atoms with Crippen molar-refractivity contribution in [1.82, 2.24) is 0 Å². The summed E-state index contributed by atoms with van der Waals surface area (Å²) in [5.41, 5.74) is 3.71. The molecule has 0 aliphatic rings. The minimum absolute atomic E-state index is 0.233. The van der Waals surface area contributed by atoms with Crippen molar-refractivity contribution < 1.29 is 12.6 Å². The molecule has 0 fully saturated rings. The van der Waals surface area contributed by atoms with Gasteiger partial charge in [0, 0.05) is 0 Å². The summed E-state index contributed by atoms with van der Waals surface area (Å²) in [5.74, 6) is 0. The van der Waals surface area contributed by atoms with Crippen LogP contribution in [-0.4, -0.2) is 15.0 Å². The molecule has 0 saturated carbocycles. The van der Waals surface area contributed by atoms with Crippen LogP contribution in [0.5, 0.6) is 0 Å². The molecule has 0 bridgehead atoms. The van der Waals surface area contributed by atoms with Crippen molar-refractivity contribution in [3.05, 3.63) is 65.2 Å². The largest absolute Gasteiger partial charge is 0.296 e. The second kappa shape index (κ2) is 9.73. The lowest BCUT2D eigenvalue weighted by Crippen LogP contribution is -2.07. The molecule has 0 unspecified atom stereocenters. The second-order valence-corrected chi connectivity index (χ2v) is 8.21. The number of unbranched alkanes of at least 4 members (excludes halogenated alkanes) is 4. The average Bonchev–Trinajstić information content (AvgIpc) is 2.59. The fourth-order valence-corrected chi connectivity index (χ4v) is 3.60. The van der Waals surface area contributed by atoms with Gasteiger partial charge in [0.1, 0.15) is 0 Å². The van der Waals surface area contributed by atoms with Crippen LogP contribution in [-0.2, 0) is 20.7 Å². The Kier molecular flexibility index (Phi) is 7.66. The maximum atomic E-state index is 12.0. The Hall–Kier alpha value is -1.65. The van der Waals surface area contributed by atoms with Crippen LogP contribution in [0.15, 0.2) is 53.4 Å². The molecule has 136 valence electrons. The van der Waals surface area contributed by atoms with Crippen molar-refractivity contribution in [3.8, 4) is 0 Å². The van der Waals surface area contributed by atoms with E-state index < -0.39 is 10.1 Å². The third-order valence-corrected chi connectivity index (χ3v) is 5.61. The third-order valence-electron chi connectivity index (χ3n) is 4.28. The fourth-order valence-electron chi connectivity index (χ4n) is 2.66. The van der Waals surface area contributed by atoms with Gasteiger partial charge < -0.3 is 0 Å². The third kappa shape index (κ3) is 7.00. The van der Waals surface area contributed by atoms with Gasteiger partial charge in [-0.25, -0.2) is 0 Å². The zero-order valence-electron chi connectivity index (χ0n) is 15.2. The van der Waals surface area contributed by atoms with Crippen LogP contribution < -0.4 is 0 Å². The zero-order chi connectivity index (χ0) is 18.1. The van der Waals surface area contributed by atoms with E-state index >= 15 is 0 Å². The SMILES string of the molecule is Cc1ccc(CCCCCCCOS(=O)(=O)c2ccc(C)cc2)cc1. The van der Waals surface area contributed by atoms with E-state index in [2.05, 4.69) is 31.2 Å². The first-order valence-electron chi connectivity index (χ1n) is 8.99. The Morgan fingerprint density at radius 3 is 1.88 bits per heavy atom. The van der Waals surface area contributed by atoms with Crippen molar-refractivity contribution in [2.24, 2.45) is 0 Å². The zero-order valence-corrected chi connectivity index (χ0v) is 16.0. The topological polar surface area (TPSA) is 43.4 Å². The van der Waals surface area contributed by atoms with Gasteiger partial charge in [-0.1, -0.05) is 66.8 Å². The van der Waals surface area contributed by atoms with Crippen molar-refractivity contribution in [3.63, 3.8) is 0 Å². The second-order valence-electron chi connectivity index (χ2n) is 6.59. The van der Waals surface area contributed by atoms with Gasteiger partial charge in [-0.05, 0) is 50.8 Å². The molecule has 0 aliphatic carbocycles. The smallest absolute Gasteiger partial charge is 0.266 e. The molecule has 2 aromatic carbocycles. The number of benzene rings is 2. The molecule has 4 heteroatoms. The van der Waals surface area contributed by atoms with E-state index in [1.807, 2.05) is 6.92 Å². The molecule has 0 amide bonds. The van der Waals surface area contributed by atoms with E-state index in [-0.39, 0.29) is 11.5 Å². The Morgan fingerprint density at radius 2 is 1.24 bits per heavy atom. The molecule has 3 nitrogen and oxygen atoms in total. The van der Waals surface area contributed by atoms with Gasteiger partial charge in [0.15, 0.2) is 0 Å². The normalized spacial score (nSPS) is 11.6. The van der Waals surface area contributed by atoms with Gasteiger partial charge in [0.2, 0.25) is 0 Å². The van der Waals surface area contributed by atoms with E-state index in [1.54, 1.807) is 24.3 Å². The number of hydrogen-bond acceptors (Lipinski definition) is 3. The number of hydrogen-bond donors (Lipinski definition) is 0. The average molecular weight is 361 g/mol. The first-order valence-corrected chi connectivity index (χ1v) is 10.4. The van der Waals surface area contributed by atoms with Crippen LogP contribution in [0, 0.1) is 13.8 Å². The molecular formula is C21H28O3S. The van der Waals surface area contributed by atoms with Crippen molar-refractivity contribution >= 4 is 10.1 Å². The van der Waals surface area contributed by atoms with Crippen LogP contribution in [0.1, 0.15) is 48.8 Å². The maximum Gasteiger partial charge on any atom is 0.296 e. The summed E-state index contributed by atoms with van der Waals surface area (Å²) in [4.78, 5) is 0.233. The summed E-state index contributed by atoms with van der Waals surface area (Å²) in [6.07, 6.45) is 6.33. The minimum Gasteiger partial charge on any atom is -0.266 e. The van der Waals surface area contributed by atoms with Crippen LogP contribution in [0.3, 0.4) is 0 Å². The monoisotopic (exact) mass is 360 g/mol. The highest BCUT2D eigenvalue weighted by atomic mass is 32.2. The molecule has 0 N–H and O–H groups in total. The fraction of sp³-hybridized carbons (Fsp3) is 0.429. The summed E-state index contributed by atoms with van der Waals surface area (Å²) in [7, 11) is -3.61. The molecular weight excluding hydrogens is 332 g/mol. The summed E-state index contributed by atoms with van der Waals surface area (Å²) in [6, 6.07) is 15.4. The highest BCUT2D eigenvalue weighted by molar-refractivity contribution is 7.86. The summed E-state index contributed by atoms with van der Waals surface area (Å²) < 4.78 is 29.2. The summed E-state index contributed by atoms with van der Waals surface area (Å²) >= 11 is 0. The van der Waals surface area contributed by atoms with E-state index in [0.717, 1.165) is 31.2 Å². The molecule has 25 heavy (non-hydrogen) atoms. The van der Waals surface area contributed by atoms with Crippen LogP contribution in [0.2, 0.25) is 0 Å². The van der Waals surface area contributed by atoms with Crippen molar-refractivity contribution in [1.29, 1.82) is 0 Å². The van der Waals surface area contributed by atoms with Gasteiger partial charge in [0.25, 0.3) is 10.1 Å². The minimum atomic E-state index is -3.61. The van der Waals surface area contributed by atoms with Crippen LogP contribution >= 0.6 is 0 Å². The van der Waals surface area contributed by atoms with Crippen LogP contribution in [0.25, 0.3) is 0 Å². The Morgan fingerprint density at radius 1 is 0.720 bits per heavy atom. The van der Waals surface area contributed by atoms with Gasteiger partial charge in [-0.3, -0.25) is 4.18 Å². The molecule has 0 spiro atoms. The molecule has 0 saturated heterocycles. The summed E-state index contributed by atoms with van der Waals surface area (Å²) in [6.45, 7) is 4.29. The predicted octanol–water partition coefficient (Wildman–Crippen LogP) is 5.20. The van der Waals surface area contributed by atoms with E-state index in [0.29, 0.717) is 0 Å². The van der Waals surface area contributed by atoms with Gasteiger partial charge in [-0.2, -0.15) is 8.42 Å². The number of aryl methyl sites for hydroxylation is 3. The van der Waals surface area contributed by atoms with Crippen molar-refractivity contribution in [2.45, 2.75) is 57.3 Å². The Labute approximate surface area is 152 Å². The molecule has 2 aromatic rings. The first kappa shape index (κ1) is 19.7. The molecule has 2 rings (SSSR count). The van der Waals surface area contributed by atoms with E-state index in [4.69, 9.17) is 4.18 Å². The molecule has 0 heterocycles. The standard InChI is InChI=1S/C21H28O3S/c1-18-9-13-20(14-10-18)8-6-4-3-5-7-17-24-25(22,23)21-15-11-19(2)12-16-21/h9-16H,3-8,17H2,1-2H3. The van der Waals surface area contributed by atoms with Crippen molar-refractivity contribution in [2.75, 3.05) is 6.61 Å². The summed E-state index contributed by atoms with van der Waals surface area (Å²) in [5, 5.41) is 0. The predicted molar refractivity (Wildman–Crippen MR) is 102 cm³/mol. The van der Waals surface area contributed by atoms with Gasteiger partial charge >= 0.3 is 0 Å². The lowest BCUT2D eigenvalue weighted by Gasteiger charge is -2.06. The molecule has 0 aliphatic heterocycles. The Bertz CT molecular complexity index is 732. The quantitative estimate of drug-likeness (QED) is 0.432. The number of rotatable bonds is 10. The van der Waals surface area contributed by atoms with E-state index in [9.17, 15) is 8.42 Å². The highest BCUT2D eigenvalue weighted by Gasteiger charge is 2.14. The molecule has 0 radical (unpaired) electrons. The van der Waals surface area contributed by atoms with Gasteiger partial charge in [-0.15, -0.1) is 0 Å². The molecule has 0 atom stereocenters. The van der Waals surface area contributed by atoms with E-state index in [1.165, 1.54) is 24.0 Å².